The number of carbonyl (C=O) groups excluding carboxylic acids is 1. The lowest BCUT2D eigenvalue weighted by Crippen LogP contribution is -3.00. The minimum absolute atomic E-state index is 0. The van der Waals surface area contributed by atoms with Crippen molar-refractivity contribution < 1.29 is 46.5 Å². The van der Waals surface area contributed by atoms with Crippen molar-refractivity contribution in [1.29, 1.82) is 0 Å². The quantitative estimate of drug-likeness (QED) is 0.324. The number of nitrogens with zero attached hydrogens (tertiary/aromatic N) is 1. The third kappa shape index (κ3) is 5.23. The number of ketones is 1. The molecule has 0 aliphatic carbocycles. The average molecular weight is 380 g/mol. The van der Waals surface area contributed by atoms with Gasteiger partial charge in [0.1, 0.15) is 0 Å². The van der Waals surface area contributed by atoms with E-state index in [2.05, 4.69) is 0 Å². The Morgan fingerprint density at radius 3 is 2.13 bits per heavy atom. The van der Waals surface area contributed by atoms with Crippen molar-refractivity contribution in [2.24, 2.45) is 0 Å². The first kappa shape index (κ1) is 18.4. The predicted octanol–water partition coefficient (Wildman–Crippen LogP) is -1.79. The SMILES string of the molecule is O=C(O)C(=O)C[n+]1ccc(/C=C/c2ccc(O)c(O)c2)cc1.[Br-]. The molecule has 1 heterocycles. The topological polar surface area (TPSA) is 98.7 Å². The highest BCUT2D eigenvalue weighted by Gasteiger charge is 2.16. The molecule has 0 aliphatic heterocycles. The van der Waals surface area contributed by atoms with Crippen LogP contribution in [0.25, 0.3) is 12.2 Å². The van der Waals surface area contributed by atoms with Crippen LogP contribution in [0.3, 0.4) is 0 Å². The second kappa shape index (κ2) is 8.09. The zero-order valence-corrected chi connectivity index (χ0v) is 13.5. The smallest absolute Gasteiger partial charge is 0.379 e. The maximum Gasteiger partial charge on any atom is 0.379 e. The standard InChI is InChI=1S/C16H13NO5.BrH/c18-13-4-3-12(9-14(13)19)2-1-11-5-7-17(8-6-11)10-15(20)16(21)22;/h1-9H,10H2,(H2,19,21,22);1H. The van der Waals surface area contributed by atoms with E-state index in [1.165, 1.54) is 16.7 Å². The van der Waals surface area contributed by atoms with Gasteiger partial charge in [0.05, 0.1) is 0 Å². The Morgan fingerprint density at radius 2 is 1.57 bits per heavy atom. The molecule has 1 aromatic heterocycles. The Hall–Kier alpha value is -2.67. The van der Waals surface area contributed by atoms with Gasteiger partial charge in [-0.05, 0) is 23.3 Å². The third-order valence-corrected chi connectivity index (χ3v) is 2.95. The molecule has 3 N–H and O–H groups in total. The fourth-order valence-corrected chi connectivity index (χ4v) is 1.76. The first-order valence-electron chi connectivity index (χ1n) is 6.41. The molecule has 0 unspecified atom stereocenters. The maximum absolute atomic E-state index is 11.1. The van der Waals surface area contributed by atoms with Gasteiger partial charge in [0, 0.05) is 12.1 Å². The molecular weight excluding hydrogens is 366 g/mol. The van der Waals surface area contributed by atoms with Gasteiger partial charge in [-0.2, -0.15) is 4.57 Å². The number of benzene rings is 1. The van der Waals surface area contributed by atoms with Crippen LogP contribution in [0.2, 0.25) is 0 Å². The number of hydrogen-bond donors (Lipinski definition) is 3. The van der Waals surface area contributed by atoms with E-state index in [4.69, 9.17) is 5.11 Å². The van der Waals surface area contributed by atoms with E-state index in [0.29, 0.717) is 5.56 Å². The number of carbonyl (C=O) groups is 2. The largest absolute Gasteiger partial charge is 1.00 e. The molecular formula is C16H14BrNO5. The summed E-state index contributed by atoms with van der Waals surface area (Å²) in [5.41, 5.74) is 1.56. The Morgan fingerprint density at radius 1 is 0.957 bits per heavy atom. The number of halogens is 1. The number of aromatic nitrogens is 1. The van der Waals surface area contributed by atoms with Crippen LogP contribution < -0.4 is 21.5 Å². The normalized spacial score (nSPS) is 10.3. The molecule has 6 nitrogen and oxygen atoms in total. The van der Waals surface area contributed by atoms with Gasteiger partial charge >= 0.3 is 11.8 Å². The van der Waals surface area contributed by atoms with Crippen LogP contribution in [0.5, 0.6) is 11.5 Å². The lowest BCUT2D eigenvalue weighted by atomic mass is 10.1. The molecule has 0 saturated heterocycles. The van der Waals surface area contributed by atoms with E-state index in [1.54, 1.807) is 42.7 Å². The van der Waals surface area contributed by atoms with Gasteiger partial charge in [0.25, 0.3) is 0 Å². The first-order chi connectivity index (χ1) is 10.5. The lowest BCUT2D eigenvalue weighted by Gasteiger charge is -1.99. The Kier molecular flexibility index (Phi) is 6.47. The van der Waals surface area contributed by atoms with E-state index in [0.717, 1.165) is 5.56 Å². The average Bonchev–Trinajstić information content (AvgIpc) is 2.49. The van der Waals surface area contributed by atoms with Crippen LogP contribution >= 0.6 is 0 Å². The molecule has 1 aromatic carbocycles. The van der Waals surface area contributed by atoms with Gasteiger partial charge in [-0.15, -0.1) is 0 Å². The fraction of sp³-hybridized carbons (Fsp3) is 0.0625. The van der Waals surface area contributed by atoms with Crippen molar-refractivity contribution in [3.8, 4) is 11.5 Å². The minimum atomic E-state index is -1.45. The van der Waals surface area contributed by atoms with Crippen LogP contribution in [0.1, 0.15) is 11.1 Å². The molecule has 7 heteroatoms. The van der Waals surface area contributed by atoms with Gasteiger partial charge in [0.15, 0.2) is 23.9 Å². The van der Waals surface area contributed by atoms with Crippen molar-refractivity contribution in [2.75, 3.05) is 0 Å². The van der Waals surface area contributed by atoms with Crippen molar-refractivity contribution in [1.82, 2.24) is 0 Å². The molecule has 0 radical (unpaired) electrons. The number of carboxylic acids is 1. The number of phenols is 2. The predicted molar refractivity (Wildman–Crippen MR) is 78.0 cm³/mol. The number of phenolic OH excluding ortho intramolecular Hbond substituents is 2. The zero-order valence-electron chi connectivity index (χ0n) is 11.9. The summed E-state index contributed by atoms with van der Waals surface area (Å²) in [5.74, 6) is -2.71. The summed E-state index contributed by atoms with van der Waals surface area (Å²) in [6.45, 7) is -0.217. The van der Waals surface area contributed by atoms with E-state index in [1.807, 2.05) is 0 Å². The summed E-state index contributed by atoms with van der Waals surface area (Å²) < 4.78 is 1.47. The Balaban J connectivity index is 0.00000264. The Bertz CT molecular complexity index is 741. The number of carboxylic acid groups (broad SMARTS) is 1. The molecule has 2 rings (SSSR count). The second-order valence-electron chi connectivity index (χ2n) is 4.61. The van der Waals surface area contributed by atoms with E-state index in [9.17, 15) is 19.8 Å². The van der Waals surface area contributed by atoms with E-state index >= 15 is 0 Å². The molecule has 120 valence electrons. The number of pyridine rings is 1. The molecule has 0 spiro atoms. The number of rotatable bonds is 5. The van der Waals surface area contributed by atoms with Gasteiger partial charge < -0.3 is 32.3 Å². The molecule has 0 bridgehead atoms. The van der Waals surface area contributed by atoms with Crippen LogP contribution in [0.15, 0.2) is 42.7 Å². The molecule has 0 aliphatic rings. The minimum Gasteiger partial charge on any atom is -1.00 e. The summed E-state index contributed by atoms with van der Waals surface area (Å²) in [6.07, 6.45) is 6.75. The van der Waals surface area contributed by atoms with Crippen LogP contribution in [-0.2, 0) is 16.1 Å². The fourth-order valence-electron chi connectivity index (χ4n) is 1.76. The number of aliphatic carboxylic acids is 1. The third-order valence-electron chi connectivity index (χ3n) is 2.95. The van der Waals surface area contributed by atoms with Crippen LogP contribution in [0.4, 0.5) is 0 Å². The van der Waals surface area contributed by atoms with Crippen LogP contribution in [-0.4, -0.2) is 27.1 Å². The molecule has 0 fully saturated rings. The van der Waals surface area contributed by atoms with Gasteiger partial charge in [-0.1, -0.05) is 18.2 Å². The molecule has 0 amide bonds. The highest BCUT2D eigenvalue weighted by Crippen LogP contribution is 2.25. The van der Waals surface area contributed by atoms with Gasteiger partial charge in [-0.25, -0.2) is 4.79 Å². The van der Waals surface area contributed by atoms with Gasteiger partial charge in [-0.3, -0.25) is 4.79 Å². The summed E-state index contributed by atoms with van der Waals surface area (Å²) in [4.78, 5) is 21.6. The number of hydrogen-bond acceptors (Lipinski definition) is 4. The van der Waals surface area contributed by atoms with Crippen molar-refractivity contribution in [3.05, 3.63) is 53.9 Å². The van der Waals surface area contributed by atoms with Crippen molar-refractivity contribution >= 4 is 23.9 Å². The van der Waals surface area contributed by atoms with Crippen molar-refractivity contribution in [3.63, 3.8) is 0 Å². The lowest BCUT2D eigenvalue weighted by molar-refractivity contribution is -0.683. The monoisotopic (exact) mass is 379 g/mol. The Labute approximate surface area is 142 Å². The maximum atomic E-state index is 11.1. The highest BCUT2D eigenvalue weighted by atomic mass is 79.9. The number of aromatic hydroxyl groups is 2. The van der Waals surface area contributed by atoms with Crippen molar-refractivity contribution in [2.45, 2.75) is 6.54 Å². The summed E-state index contributed by atoms with van der Waals surface area (Å²) in [5, 5.41) is 27.2. The summed E-state index contributed by atoms with van der Waals surface area (Å²) in [7, 11) is 0. The van der Waals surface area contributed by atoms with E-state index < -0.39 is 11.8 Å². The molecule has 0 saturated carbocycles. The molecule has 23 heavy (non-hydrogen) atoms. The molecule has 0 atom stereocenters. The highest BCUT2D eigenvalue weighted by molar-refractivity contribution is 6.32. The molecule has 2 aromatic rings. The first-order valence-corrected chi connectivity index (χ1v) is 6.41. The summed E-state index contributed by atoms with van der Waals surface area (Å²) >= 11 is 0. The second-order valence-corrected chi connectivity index (χ2v) is 4.61. The zero-order chi connectivity index (χ0) is 16.1. The van der Waals surface area contributed by atoms with E-state index in [-0.39, 0.29) is 35.0 Å². The van der Waals surface area contributed by atoms with Gasteiger partial charge in [0.2, 0.25) is 6.54 Å². The number of Topliss-reactive ketones (excluding diaryl/α,β-unsaturated/α-hetero) is 1. The van der Waals surface area contributed by atoms with Crippen LogP contribution in [0, 0.1) is 0 Å². The summed E-state index contributed by atoms with van der Waals surface area (Å²) in [6, 6.07) is 7.93.